The van der Waals surface area contributed by atoms with Crippen LogP contribution in [0.2, 0.25) is 0 Å². The maximum absolute atomic E-state index is 12.3. The molecule has 0 spiro atoms. The highest BCUT2D eigenvalue weighted by molar-refractivity contribution is 5.79. The molecule has 1 aliphatic carbocycles. The zero-order chi connectivity index (χ0) is 13.9. The quantitative estimate of drug-likeness (QED) is 0.723. The molecule has 1 heterocycles. The highest BCUT2D eigenvalue weighted by atomic mass is 16.5. The molecule has 5 nitrogen and oxygen atoms in total. The molecule has 2 aliphatic rings. The molecule has 0 aromatic rings. The number of ether oxygens (including phenoxy) is 2. The van der Waals surface area contributed by atoms with E-state index in [1.165, 1.54) is 7.11 Å². The number of carbonyl (C=O) groups excluding carboxylic acids is 2. The Labute approximate surface area is 114 Å². The number of hydrogen-bond donors (Lipinski definition) is 0. The van der Waals surface area contributed by atoms with Crippen LogP contribution in [0.4, 0.5) is 0 Å². The average Bonchev–Trinajstić information content (AvgIpc) is 2.41. The molecule has 0 aromatic carbocycles. The number of likely N-dealkylation sites (tertiary alicyclic amines) is 1. The van der Waals surface area contributed by atoms with Crippen LogP contribution in [0, 0.1) is 5.92 Å². The molecular formula is C14H23NO4. The van der Waals surface area contributed by atoms with E-state index in [2.05, 4.69) is 0 Å². The van der Waals surface area contributed by atoms with E-state index in [0.717, 1.165) is 38.6 Å². The number of methoxy groups -OCH3 is 2. The van der Waals surface area contributed by atoms with Crippen LogP contribution >= 0.6 is 0 Å². The Morgan fingerprint density at radius 1 is 1.26 bits per heavy atom. The number of esters is 1. The van der Waals surface area contributed by atoms with Gasteiger partial charge >= 0.3 is 5.97 Å². The van der Waals surface area contributed by atoms with Crippen LogP contribution in [0.5, 0.6) is 0 Å². The fourth-order valence-electron chi connectivity index (χ4n) is 2.97. The van der Waals surface area contributed by atoms with Crippen LogP contribution in [-0.4, -0.2) is 49.7 Å². The smallest absolute Gasteiger partial charge is 0.310 e. The first-order valence-electron chi connectivity index (χ1n) is 7.01. The third-order valence-corrected chi connectivity index (χ3v) is 4.48. The van der Waals surface area contributed by atoms with Crippen molar-refractivity contribution < 1.29 is 19.1 Å². The van der Waals surface area contributed by atoms with Gasteiger partial charge in [0.25, 0.3) is 0 Å². The van der Waals surface area contributed by atoms with Crippen LogP contribution < -0.4 is 0 Å². The van der Waals surface area contributed by atoms with Gasteiger partial charge in [-0.25, -0.2) is 0 Å². The highest BCUT2D eigenvalue weighted by Gasteiger charge is 2.41. The molecule has 0 aromatic heterocycles. The van der Waals surface area contributed by atoms with Crippen LogP contribution in [0.25, 0.3) is 0 Å². The minimum atomic E-state index is -0.241. The molecule has 2 rings (SSSR count). The maximum atomic E-state index is 12.3. The van der Waals surface area contributed by atoms with Crippen molar-refractivity contribution in [2.24, 2.45) is 5.92 Å². The zero-order valence-corrected chi connectivity index (χ0v) is 11.8. The van der Waals surface area contributed by atoms with E-state index in [4.69, 9.17) is 9.47 Å². The van der Waals surface area contributed by atoms with Crippen LogP contribution in [0.15, 0.2) is 0 Å². The Kier molecular flexibility index (Phi) is 4.45. The Morgan fingerprint density at radius 3 is 2.53 bits per heavy atom. The van der Waals surface area contributed by atoms with Gasteiger partial charge in [0.15, 0.2) is 0 Å². The summed E-state index contributed by atoms with van der Waals surface area (Å²) in [7, 11) is 3.08. The van der Waals surface area contributed by atoms with Crippen molar-refractivity contribution in [2.45, 2.75) is 44.1 Å². The summed E-state index contributed by atoms with van der Waals surface area (Å²) in [4.78, 5) is 25.7. The topological polar surface area (TPSA) is 55.8 Å². The molecule has 19 heavy (non-hydrogen) atoms. The van der Waals surface area contributed by atoms with Gasteiger partial charge < -0.3 is 14.4 Å². The second-order valence-corrected chi connectivity index (χ2v) is 5.62. The molecule has 1 aliphatic heterocycles. The SMILES string of the molecule is COC(=O)[C@H]1CCCN(C(=O)CC2(OC)CCC2)C1. The summed E-state index contributed by atoms with van der Waals surface area (Å²) in [5.74, 6) is -0.264. The normalized spacial score (nSPS) is 25.6. The molecule has 1 atom stereocenters. The Balaban J connectivity index is 1.90. The van der Waals surface area contributed by atoms with Gasteiger partial charge in [0.1, 0.15) is 0 Å². The lowest BCUT2D eigenvalue weighted by atomic mass is 9.77. The van der Waals surface area contributed by atoms with Gasteiger partial charge in [-0.05, 0) is 32.1 Å². The lowest BCUT2D eigenvalue weighted by Crippen LogP contribution is -2.48. The summed E-state index contributed by atoms with van der Waals surface area (Å²) >= 11 is 0. The predicted octanol–water partition coefficient (Wildman–Crippen LogP) is 1.36. The second kappa shape index (κ2) is 5.90. The maximum Gasteiger partial charge on any atom is 0.310 e. The van der Waals surface area contributed by atoms with Gasteiger partial charge in [0.05, 0.1) is 25.0 Å². The van der Waals surface area contributed by atoms with E-state index in [1.54, 1.807) is 12.0 Å². The number of nitrogens with zero attached hydrogens (tertiary/aromatic N) is 1. The predicted molar refractivity (Wildman–Crippen MR) is 69.5 cm³/mol. The summed E-state index contributed by atoms with van der Waals surface area (Å²) in [5, 5.41) is 0. The monoisotopic (exact) mass is 269 g/mol. The van der Waals surface area contributed by atoms with Crippen molar-refractivity contribution in [3.8, 4) is 0 Å². The van der Waals surface area contributed by atoms with E-state index in [0.29, 0.717) is 13.0 Å². The summed E-state index contributed by atoms with van der Waals surface area (Å²) in [6, 6.07) is 0. The van der Waals surface area contributed by atoms with Crippen molar-refractivity contribution in [1.82, 2.24) is 4.90 Å². The average molecular weight is 269 g/mol. The van der Waals surface area contributed by atoms with Gasteiger partial charge in [-0.15, -0.1) is 0 Å². The summed E-state index contributed by atoms with van der Waals surface area (Å²) < 4.78 is 10.3. The van der Waals surface area contributed by atoms with E-state index in [9.17, 15) is 9.59 Å². The number of hydrogen-bond acceptors (Lipinski definition) is 4. The van der Waals surface area contributed by atoms with Crippen LogP contribution in [0.3, 0.4) is 0 Å². The van der Waals surface area contributed by atoms with E-state index in [1.807, 2.05) is 0 Å². The van der Waals surface area contributed by atoms with Gasteiger partial charge in [-0.2, -0.15) is 0 Å². The molecule has 2 fully saturated rings. The Morgan fingerprint density at radius 2 is 2.00 bits per heavy atom. The van der Waals surface area contributed by atoms with Gasteiger partial charge in [-0.1, -0.05) is 0 Å². The summed E-state index contributed by atoms with van der Waals surface area (Å²) in [6.45, 7) is 1.23. The number of amides is 1. The lowest BCUT2D eigenvalue weighted by molar-refractivity contribution is -0.152. The Bertz CT molecular complexity index is 346. The molecule has 0 N–H and O–H groups in total. The molecule has 5 heteroatoms. The molecular weight excluding hydrogens is 246 g/mol. The van der Waals surface area contributed by atoms with Gasteiger partial charge in [-0.3, -0.25) is 9.59 Å². The molecule has 1 saturated heterocycles. The third kappa shape index (κ3) is 3.08. The van der Waals surface area contributed by atoms with Crippen LogP contribution in [-0.2, 0) is 19.1 Å². The number of carbonyl (C=O) groups is 2. The zero-order valence-electron chi connectivity index (χ0n) is 11.8. The fourth-order valence-corrected chi connectivity index (χ4v) is 2.97. The molecule has 1 amide bonds. The fraction of sp³-hybridized carbons (Fsp3) is 0.857. The van der Waals surface area contributed by atoms with Crippen molar-refractivity contribution in [2.75, 3.05) is 27.3 Å². The number of piperidine rings is 1. The first kappa shape index (κ1) is 14.3. The van der Waals surface area contributed by atoms with E-state index >= 15 is 0 Å². The minimum Gasteiger partial charge on any atom is -0.469 e. The first-order chi connectivity index (χ1) is 9.10. The standard InChI is InChI=1S/C14H23NO4/c1-18-13(17)11-5-3-8-15(10-11)12(16)9-14(19-2)6-4-7-14/h11H,3-10H2,1-2H3/t11-/m0/s1. The summed E-state index contributed by atoms with van der Waals surface area (Å²) in [6.07, 6.45) is 5.17. The molecule has 0 radical (unpaired) electrons. The highest BCUT2D eigenvalue weighted by Crippen LogP contribution is 2.38. The molecule has 0 bridgehead atoms. The number of rotatable bonds is 4. The largest absolute Gasteiger partial charge is 0.469 e. The van der Waals surface area contributed by atoms with Crippen molar-refractivity contribution in [3.63, 3.8) is 0 Å². The van der Waals surface area contributed by atoms with Gasteiger partial charge in [0.2, 0.25) is 5.91 Å². The summed E-state index contributed by atoms with van der Waals surface area (Å²) in [5.41, 5.74) is -0.241. The first-order valence-corrected chi connectivity index (χ1v) is 7.01. The lowest BCUT2D eigenvalue weighted by Gasteiger charge is -2.42. The van der Waals surface area contributed by atoms with Crippen LogP contribution in [0.1, 0.15) is 38.5 Å². The molecule has 108 valence electrons. The second-order valence-electron chi connectivity index (χ2n) is 5.62. The van der Waals surface area contributed by atoms with Crippen molar-refractivity contribution in [1.29, 1.82) is 0 Å². The van der Waals surface area contributed by atoms with Crippen molar-refractivity contribution >= 4 is 11.9 Å². The molecule has 1 saturated carbocycles. The minimum absolute atomic E-state index is 0.107. The van der Waals surface area contributed by atoms with E-state index in [-0.39, 0.29) is 23.4 Å². The van der Waals surface area contributed by atoms with Gasteiger partial charge in [0, 0.05) is 20.2 Å². The Hall–Kier alpha value is -1.10. The molecule has 0 unspecified atom stereocenters. The van der Waals surface area contributed by atoms with Crippen molar-refractivity contribution in [3.05, 3.63) is 0 Å². The van der Waals surface area contributed by atoms with E-state index < -0.39 is 0 Å². The third-order valence-electron chi connectivity index (χ3n) is 4.48.